The van der Waals surface area contributed by atoms with Gasteiger partial charge in [-0.05, 0) is 18.8 Å². The van der Waals surface area contributed by atoms with E-state index in [4.69, 9.17) is 5.26 Å². The second-order valence-electron chi connectivity index (χ2n) is 4.15. The van der Waals surface area contributed by atoms with Crippen molar-refractivity contribution in [2.24, 2.45) is 11.8 Å². The SMILES string of the molecule is CC1CCCC1NCC(C#N)C(F)(F)F. The Labute approximate surface area is 87.5 Å². The standard InChI is InChI=1S/C10H15F3N2/c1-7-3-2-4-9(7)15-6-8(5-14)10(11,12)13/h7-9,15H,2-4,6H2,1H3. The van der Waals surface area contributed by atoms with Crippen molar-refractivity contribution in [1.82, 2.24) is 5.32 Å². The van der Waals surface area contributed by atoms with Crippen molar-refractivity contribution in [2.75, 3.05) is 6.54 Å². The van der Waals surface area contributed by atoms with Crippen LogP contribution < -0.4 is 5.32 Å². The molecule has 5 heteroatoms. The van der Waals surface area contributed by atoms with Gasteiger partial charge in [0.2, 0.25) is 0 Å². The van der Waals surface area contributed by atoms with Crippen LogP contribution in [0.15, 0.2) is 0 Å². The molecule has 0 heterocycles. The van der Waals surface area contributed by atoms with E-state index in [9.17, 15) is 13.2 Å². The molecule has 2 nitrogen and oxygen atoms in total. The molecule has 1 fully saturated rings. The van der Waals surface area contributed by atoms with Gasteiger partial charge in [0.05, 0.1) is 6.07 Å². The summed E-state index contributed by atoms with van der Waals surface area (Å²) in [5.74, 6) is -1.47. The molecule has 0 aromatic rings. The predicted molar refractivity (Wildman–Crippen MR) is 50.0 cm³/mol. The number of halogens is 3. The van der Waals surface area contributed by atoms with Gasteiger partial charge >= 0.3 is 6.18 Å². The van der Waals surface area contributed by atoms with Crippen molar-refractivity contribution in [3.63, 3.8) is 0 Å². The van der Waals surface area contributed by atoms with E-state index in [1.165, 1.54) is 6.07 Å². The summed E-state index contributed by atoms with van der Waals surface area (Å²) in [7, 11) is 0. The quantitative estimate of drug-likeness (QED) is 0.793. The van der Waals surface area contributed by atoms with E-state index in [-0.39, 0.29) is 12.6 Å². The molecule has 1 saturated carbocycles. The predicted octanol–water partition coefficient (Wildman–Crippen LogP) is 2.47. The Morgan fingerprint density at radius 3 is 2.53 bits per heavy atom. The van der Waals surface area contributed by atoms with Crippen LogP contribution >= 0.6 is 0 Å². The Balaban J connectivity index is 2.38. The zero-order valence-corrected chi connectivity index (χ0v) is 8.64. The molecule has 15 heavy (non-hydrogen) atoms. The fraction of sp³-hybridized carbons (Fsp3) is 0.900. The second kappa shape index (κ2) is 4.84. The van der Waals surface area contributed by atoms with Crippen molar-refractivity contribution < 1.29 is 13.2 Å². The van der Waals surface area contributed by atoms with Gasteiger partial charge in [-0.3, -0.25) is 0 Å². The number of nitrogens with one attached hydrogen (secondary N) is 1. The van der Waals surface area contributed by atoms with Crippen molar-refractivity contribution in [1.29, 1.82) is 5.26 Å². The van der Waals surface area contributed by atoms with Gasteiger partial charge in [-0.25, -0.2) is 0 Å². The lowest BCUT2D eigenvalue weighted by molar-refractivity contribution is -0.158. The van der Waals surface area contributed by atoms with Crippen LogP contribution in [-0.2, 0) is 0 Å². The highest BCUT2D eigenvalue weighted by molar-refractivity contribution is 4.92. The summed E-state index contributed by atoms with van der Waals surface area (Å²) in [6.07, 6.45) is -1.39. The summed E-state index contributed by atoms with van der Waals surface area (Å²) in [6.45, 7) is 1.74. The van der Waals surface area contributed by atoms with Crippen LogP contribution in [0.2, 0.25) is 0 Å². The lowest BCUT2D eigenvalue weighted by Gasteiger charge is -2.20. The smallest absolute Gasteiger partial charge is 0.312 e. The van der Waals surface area contributed by atoms with E-state index >= 15 is 0 Å². The van der Waals surface area contributed by atoms with Crippen LogP contribution in [0.5, 0.6) is 0 Å². The normalized spacial score (nSPS) is 28.7. The van der Waals surface area contributed by atoms with Crippen molar-refractivity contribution in [3.05, 3.63) is 0 Å². The molecule has 0 amide bonds. The fourth-order valence-electron chi connectivity index (χ4n) is 1.95. The third-order valence-corrected chi connectivity index (χ3v) is 3.00. The number of rotatable bonds is 3. The minimum absolute atomic E-state index is 0.142. The van der Waals surface area contributed by atoms with Crippen molar-refractivity contribution >= 4 is 0 Å². The lowest BCUT2D eigenvalue weighted by atomic mass is 10.1. The molecule has 0 aromatic heterocycles. The lowest BCUT2D eigenvalue weighted by Crippen LogP contribution is -2.39. The highest BCUT2D eigenvalue weighted by atomic mass is 19.4. The molecule has 0 radical (unpaired) electrons. The van der Waals surface area contributed by atoms with Gasteiger partial charge in [-0.15, -0.1) is 0 Å². The molecule has 3 unspecified atom stereocenters. The molecule has 1 N–H and O–H groups in total. The molecular weight excluding hydrogens is 205 g/mol. The average molecular weight is 220 g/mol. The van der Waals surface area contributed by atoms with Crippen molar-refractivity contribution in [2.45, 2.75) is 38.4 Å². The molecule has 0 bridgehead atoms. The maximum absolute atomic E-state index is 12.2. The largest absolute Gasteiger partial charge is 0.405 e. The Bertz CT molecular complexity index is 244. The van der Waals surface area contributed by atoms with E-state index in [0.29, 0.717) is 5.92 Å². The van der Waals surface area contributed by atoms with E-state index in [0.717, 1.165) is 19.3 Å². The molecule has 0 saturated heterocycles. The Kier molecular flexibility index (Phi) is 3.97. The first kappa shape index (κ1) is 12.3. The van der Waals surface area contributed by atoms with E-state index in [1.807, 2.05) is 6.92 Å². The first-order chi connectivity index (χ1) is 6.95. The monoisotopic (exact) mass is 220 g/mol. The summed E-state index contributed by atoms with van der Waals surface area (Å²) < 4.78 is 36.7. The number of nitriles is 1. The summed E-state index contributed by atoms with van der Waals surface area (Å²) >= 11 is 0. The van der Waals surface area contributed by atoms with Crippen LogP contribution in [0, 0.1) is 23.2 Å². The highest BCUT2D eigenvalue weighted by Gasteiger charge is 2.40. The van der Waals surface area contributed by atoms with Gasteiger partial charge in [0.15, 0.2) is 5.92 Å². The van der Waals surface area contributed by atoms with Crippen LogP contribution in [0.25, 0.3) is 0 Å². The summed E-state index contributed by atoms with van der Waals surface area (Å²) in [6, 6.07) is 1.44. The van der Waals surface area contributed by atoms with Gasteiger partial charge in [-0.2, -0.15) is 18.4 Å². The molecule has 1 aliphatic carbocycles. The molecule has 0 spiro atoms. The van der Waals surface area contributed by atoms with Gasteiger partial charge in [0.25, 0.3) is 0 Å². The second-order valence-corrected chi connectivity index (χ2v) is 4.15. The Hall–Kier alpha value is -0.760. The molecule has 0 aromatic carbocycles. The van der Waals surface area contributed by atoms with E-state index in [1.54, 1.807) is 0 Å². The summed E-state index contributed by atoms with van der Waals surface area (Å²) in [5, 5.41) is 11.2. The zero-order chi connectivity index (χ0) is 11.5. The van der Waals surface area contributed by atoms with Gasteiger partial charge in [0, 0.05) is 12.6 Å². The number of alkyl halides is 3. The third-order valence-electron chi connectivity index (χ3n) is 3.00. The Morgan fingerprint density at radius 1 is 1.47 bits per heavy atom. The van der Waals surface area contributed by atoms with Crippen LogP contribution in [-0.4, -0.2) is 18.8 Å². The average Bonchev–Trinajstić information content (AvgIpc) is 2.50. The third kappa shape index (κ3) is 3.38. The van der Waals surface area contributed by atoms with E-state index in [2.05, 4.69) is 5.32 Å². The minimum atomic E-state index is -4.41. The first-order valence-corrected chi connectivity index (χ1v) is 5.15. The molecule has 1 rings (SSSR count). The van der Waals surface area contributed by atoms with Crippen LogP contribution in [0.3, 0.4) is 0 Å². The first-order valence-electron chi connectivity index (χ1n) is 5.15. The highest BCUT2D eigenvalue weighted by Crippen LogP contribution is 2.28. The summed E-state index contributed by atoms with van der Waals surface area (Å²) in [4.78, 5) is 0. The number of nitrogens with zero attached hydrogens (tertiary/aromatic N) is 1. The zero-order valence-electron chi connectivity index (χ0n) is 8.64. The maximum atomic E-state index is 12.2. The van der Waals surface area contributed by atoms with Crippen LogP contribution in [0.4, 0.5) is 13.2 Å². The van der Waals surface area contributed by atoms with E-state index < -0.39 is 12.1 Å². The van der Waals surface area contributed by atoms with Crippen molar-refractivity contribution in [3.8, 4) is 6.07 Å². The minimum Gasteiger partial charge on any atom is -0.312 e. The molecule has 86 valence electrons. The molecule has 0 aliphatic heterocycles. The van der Waals surface area contributed by atoms with Gasteiger partial charge < -0.3 is 5.32 Å². The molecule has 3 atom stereocenters. The number of hydrogen-bond acceptors (Lipinski definition) is 2. The summed E-state index contributed by atoms with van der Waals surface area (Å²) in [5.41, 5.74) is 0. The van der Waals surface area contributed by atoms with Gasteiger partial charge in [0.1, 0.15) is 0 Å². The molecule has 1 aliphatic rings. The topological polar surface area (TPSA) is 35.8 Å². The van der Waals surface area contributed by atoms with Crippen LogP contribution in [0.1, 0.15) is 26.2 Å². The molecular formula is C10H15F3N2. The van der Waals surface area contributed by atoms with Gasteiger partial charge in [-0.1, -0.05) is 13.3 Å². The maximum Gasteiger partial charge on any atom is 0.405 e. The number of hydrogen-bond donors (Lipinski definition) is 1. The Morgan fingerprint density at radius 2 is 2.13 bits per heavy atom. The fourth-order valence-corrected chi connectivity index (χ4v) is 1.95.